The highest BCUT2D eigenvalue weighted by Crippen LogP contribution is 2.19. The molecule has 2 unspecified atom stereocenters. The summed E-state index contributed by atoms with van der Waals surface area (Å²) in [6.45, 7) is 8.08. The van der Waals surface area contributed by atoms with Crippen LogP contribution in [0.2, 0.25) is 0 Å². The van der Waals surface area contributed by atoms with E-state index in [9.17, 15) is 0 Å². The summed E-state index contributed by atoms with van der Waals surface area (Å²) in [5.74, 6) is 0.818. The number of hydrogen-bond acceptors (Lipinski definition) is 2. The molecule has 1 heterocycles. The number of piperidine rings is 1. The molecule has 19 heavy (non-hydrogen) atoms. The Morgan fingerprint density at radius 3 is 2.68 bits per heavy atom. The van der Waals surface area contributed by atoms with Gasteiger partial charge in [-0.25, -0.2) is 0 Å². The maximum absolute atomic E-state index is 3.77. The molecule has 2 nitrogen and oxygen atoms in total. The number of nitrogens with one attached hydrogen (secondary N) is 1. The standard InChI is InChI=1S/C17H28N2/c1-4-17(16-9-7-14(2)8-10-16)18-12-15-6-5-11-19(3)13-15/h7-10,15,17-18H,4-6,11-13H2,1-3H3. The van der Waals surface area contributed by atoms with Crippen LogP contribution in [0.15, 0.2) is 24.3 Å². The molecule has 1 saturated heterocycles. The Morgan fingerprint density at radius 2 is 2.05 bits per heavy atom. The number of nitrogens with zero attached hydrogens (tertiary/aromatic N) is 1. The monoisotopic (exact) mass is 260 g/mol. The van der Waals surface area contributed by atoms with Crippen LogP contribution in [0, 0.1) is 12.8 Å². The van der Waals surface area contributed by atoms with Crippen LogP contribution in [-0.2, 0) is 0 Å². The first kappa shape index (κ1) is 14.5. The molecule has 2 heteroatoms. The Hall–Kier alpha value is -0.860. The van der Waals surface area contributed by atoms with Crippen LogP contribution >= 0.6 is 0 Å². The summed E-state index contributed by atoms with van der Waals surface area (Å²) in [4.78, 5) is 2.46. The fraction of sp³-hybridized carbons (Fsp3) is 0.647. The van der Waals surface area contributed by atoms with Crippen molar-refractivity contribution in [3.63, 3.8) is 0 Å². The molecule has 0 aromatic heterocycles. The zero-order valence-electron chi connectivity index (χ0n) is 12.7. The van der Waals surface area contributed by atoms with E-state index in [0.717, 1.165) is 18.9 Å². The van der Waals surface area contributed by atoms with Gasteiger partial charge in [0.15, 0.2) is 0 Å². The average molecular weight is 260 g/mol. The van der Waals surface area contributed by atoms with E-state index in [4.69, 9.17) is 0 Å². The lowest BCUT2D eigenvalue weighted by molar-refractivity contribution is 0.202. The second kappa shape index (κ2) is 7.06. The molecule has 1 fully saturated rings. The van der Waals surface area contributed by atoms with Crippen LogP contribution in [0.1, 0.15) is 43.4 Å². The topological polar surface area (TPSA) is 15.3 Å². The number of aryl methyl sites for hydroxylation is 1. The van der Waals surface area contributed by atoms with Gasteiger partial charge in [-0.15, -0.1) is 0 Å². The third-order valence-corrected chi connectivity index (χ3v) is 4.26. The summed E-state index contributed by atoms with van der Waals surface area (Å²) >= 11 is 0. The fourth-order valence-electron chi connectivity index (χ4n) is 3.05. The lowest BCUT2D eigenvalue weighted by Crippen LogP contribution is -2.38. The van der Waals surface area contributed by atoms with Crippen LogP contribution in [0.4, 0.5) is 0 Å². The molecule has 1 aliphatic heterocycles. The van der Waals surface area contributed by atoms with E-state index in [2.05, 4.69) is 55.4 Å². The first-order valence-electron chi connectivity index (χ1n) is 7.67. The Labute approximate surface area is 118 Å². The highest BCUT2D eigenvalue weighted by Gasteiger charge is 2.18. The smallest absolute Gasteiger partial charge is 0.0317 e. The summed E-state index contributed by atoms with van der Waals surface area (Å²) in [5.41, 5.74) is 2.77. The van der Waals surface area contributed by atoms with Gasteiger partial charge in [0.05, 0.1) is 0 Å². The van der Waals surface area contributed by atoms with E-state index in [-0.39, 0.29) is 0 Å². The second-order valence-electron chi connectivity index (χ2n) is 6.05. The maximum atomic E-state index is 3.77. The highest BCUT2D eigenvalue weighted by molar-refractivity contribution is 5.24. The predicted octanol–water partition coefficient (Wildman–Crippen LogP) is 3.38. The quantitative estimate of drug-likeness (QED) is 0.873. The molecule has 2 rings (SSSR count). The summed E-state index contributed by atoms with van der Waals surface area (Å²) in [5, 5.41) is 3.77. The zero-order valence-corrected chi connectivity index (χ0v) is 12.7. The van der Waals surface area contributed by atoms with Crippen molar-refractivity contribution in [3.05, 3.63) is 35.4 Å². The van der Waals surface area contributed by atoms with E-state index in [1.807, 2.05) is 0 Å². The Morgan fingerprint density at radius 1 is 1.32 bits per heavy atom. The molecular weight excluding hydrogens is 232 g/mol. The maximum Gasteiger partial charge on any atom is 0.0317 e. The highest BCUT2D eigenvalue weighted by atomic mass is 15.1. The molecule has 1 aliphatic rings. The molecule has 0 bridgehead atoms. The molecular formula is C17H28N2. The zero-order chi connectivity index (χ0) is 13.7. The van der Waals surface area contributed by atoms with Crippen molar-refractivity contribution in [1.82, 2.24) is 10.2 Å². The lowest BCUT2D eigenvalue weighted by Gasteiger charge is -2.31. The summed E-state index contributed by atoms with van der Waals surface area (Å²) in [6, 6.07) is 9.47. The first-order valence-corrected chi connectivity index (χ1v) is 7.67. The van der Waals surface area contributed by atoms with Crippen LogP contribution in [0.5, 0.6) is 0 Å². The minimum atomic E-state index is 0.507. The van der Waals surface area contributed by atoms with Crippen LogP contribution in [0.25, 0.3) is 0 Å². The van der Waals surface area contributed by atoms with Crippen LogP contribution in [-0.4, -0.2) is 31.6 Å². The Kier molecular flexibility index (Phi) is 5.41. The van der Waals surface area contributed by atoms with Gasteiger partial charge in [0.2, 0.25) is 0 Å². The van der Waals surface area contributed by atoms with Crippen molar-refractivity contribution >= 4 is 0 Å². The van der Waals surface area contributed by atoms with Crippen molar-refractivity contribution < 1.29 is 0 Å². The van der Waals surface area contributed by atoms with E-state index < -0.39 is 0 Å². The first-order chi connectivity index (χ1) is 9.19. The number of likely N-dealkylation sites (tertiary alicyclic amines) is 1. The van der Waals surface area contributed by atoms with Gasteiger partial charge in [0.25, 0.3) is 0 Å². The Bertz CT molecular complexity index is 371. The van der Waals surface area contributed by atoms with Crippen molar-refractivity contribution in [2.24, 2.45) is 5.92 Å². The molecule has 2 atom stereocenters. The predicted molar refractivity (Wildman–Crippen MR) is 82.4 cm³/mol. The summed E-state index contributed by atoms with van der Waals surface area (Å²) < 4.78 is 0. The van der Waals surface area contributed by atoms with E-state index in [1.54, 1.807) is 0 Å². The van der Waals surface area contributed by atoms with Crippen molar-refractivity contribution in [2.75, 3.05) is 26.7 Å². The fourth-order valence-corrected chi connectivity index (χ4v) is 3.05. The van der Waals surface area contributed by atoms with Gasteiger partial charge in [-0.05, 0) is 57.8 Å². The molecule has 0 radical (unpaired) electrons. The minimum Gasteiger partial charge on any atom is -0.310 e. The second-order valence-corrected chi connectivity index (χ2v) is 6.05. The van der Waals surface area contributed by atoms with Gasteiger partial charge >= 0.3 is 0 Å². The molecule has 0 spiro atoms. The lowest BCUT2D eigenvalue weighted by atomic mass is 9.97. The van der Waals surface area contributed by atoms with E-state index in [1.165, 1.54) is 37.1 Å². The van der Waals surface area contributed by atoms with Crippen molar-refractivity contribution in [3.8, 4) is 0 Å². The third kappa shape index (κ3) is 4.32. The van der Waals surface area contributed by atoms with E-state index in [0.29, 0.717) is 6.04 Å². The molecule has 1 aromatic carbocycles. The SMILES string of the molecule is CCC(NCC1CCCN(C)C1)c1ccc(C)cc1. The van der Waals surface area contributed by atoms with Crippen LogP contribution in [0.3, 0.4) is 0 Å². The normalized spacial score (nSPS) is 22.4. The van der Waals surface area contributed by atoms with Gasteiger partial charge < -0.3 is 10.2 Å². The Balaban J connectivity index is 1.87. The minimum absolute atomic E-state index is 0.507. The van der Waals surface area contributed by atoms with Gasteiger partial charge in [-0.2, -0.15) is 0 Å². The van der Waals surface area contributed by atoms with Crippen molar-refractivity contribution in [1.29, 1.82) is 0 Å². The molecule has 1 aromatic rings. The van der Waals surface area contributed by atoms with Crippen LogP contribution < -0.4 is 5.32 Å². The van der Waals surface area contributed by atoms with Gasteiger partial charge in [0.1, 0.15) is 0 Å². The molecule has 106 valence electrons. The average Bonchev–Trinajstić information content (AvgIpc) is 2.41. The van der Waals surface area contributed by atoms with Gasteiger partial charge in [-0.3, -0.25) is 0 Å². The van der Waals surface area contributed by atoms with Crippen molar-refractivity contribution in [2.45, 2.75) is 39.2 Å². The molecule has 1 N–H and O–H groups in total. The molecule has 0 aliphatic carbocycles. The summed E-state index contributed by atoms with van der Waals surface area (Å²) in [7, 11) is 2.24. The molecule has 0 saturated carbocycles. The van der Waals surface area contributed by atoms with E-state index >= 15 is 0 Å². The summed E-state index contributed by atoms with van der Waals surface area (Å²) in [6.07, 6.45) is 3.89. The molecule has 0 amide bonds. The number of rotatable bonds is 5. The number of hydrogen-bond donors (Lipinski definition) is 1. The third-order valence-electron chi connectivity index (χ3n) is 4.26. The number of benzene rings is 1. The largest absolute Gasteiger partial charge is 0.310 e. The van der Waals surface area contributed by atoms with Gasteiger partial charge in [-0.1, -0.05) is 36.8 Å². The van der Waals surface area contributed by atoms with Gasteiger partial charge in [0, 0.05) is 12.6 Å².